The number of halogens is 1. The molecular weight excluding hydrogens is 172 g/mol. The van der Waals surface area contributed by atoms with E-state index < -0.39 is 0 Å². The minimum Gasteiger partial charge on any atom is -0.268 e. The van der Waals surface area contributed by atoms with Gasteiger partial charge in [-0.3, -0.25) is 5.84 Å². The smallest absolute Gasteiger partial charge is 0.0382 e. The van der Waals surface area contributed by atoms with Gasteiger partial charge in [-0.05, 0) is 17.5 Å². The molecule has 12 heavy (non-hydrogen) atoms. The summed E-state index contributed by atoms with van der Waals surface area (Å²) in [4.78, 5) is 0. The fourth-order valence-electron chi connectivity index (χ4n) is 1.52. The Balaban J connectivity index is 0.000000720. The molecule has 0 bridgehead atoms. The van der Waals surface area contributed by atoms with E-state index in [-0.39, 0.29) is 12.4 Å². The first-order valence-electron chi connectivity index (χ1n) is 3.93. The van der Waals surface area contributed by atoms with E-state index in [1.54, 1.807) is 0 Å². The van der Waals surface area contributed by atoms with Gasteiger partial charge in [0, 0.05) is 13.1 Å². The second-order valence-electron chi connectivity index (χ2n) is 2.99. The molecule has 66 valence electrons. The Morgan fingerprint density at radius 2 is 1.83 bits per heavy atom. The molecule has 2 rings (SSSR count). The van der Waals surface area contributed by atoms with Crippen LogP contribution in [0.3, 0.4) is 0 Å². The highest BCUT2D eigenvalue weighted by Gasteiger charge is 2.11. The Hall–Kier alpha value is -0.570. The highest BCUT2D eigenvalue weighted by atomic mass is 35.5. The molecule has 0 radical (unpaired) electrons. The summed E-state index contributed by atoms with van der Waals surface area (Å²) in [6.07, 6.45) is 1.09. The third-order valence-electron chi connectivity index (χ3n) is 2.16. The average Bonchev–Trinajstić information content (AvgIpc) is 2.04. The van der Waals surface area contributed by atoms with E-state index in [0.717, 1.165) is 19.5 Å². The summed E-state index contributed by atoms with van der Waals surface area (Å²) in [5.74, 6) is 5.68. The first-order valence-corrected chi connectivity index (χ1v) is 3.93. The van der Waals surface area contributed by atoms with Gasteiger partial charge in [-0.25, -0.2) is 5.01 Å². The highest BCUT2D eigenvalue weighted by Crippen LogP contribution is 2.15. The van der Waals surface area contributed by atoms with Crippen LogP contribution in [0.25, 0.3) is 0 Å². The molecule has 0 amide bonds. The van der Waals surface area contributed by atoms with E-state index in [0.29, 0.717) is 0 Å². The van der Waals surface area contributed by atoms with Crippen molar-refractivity contribution in [2.45, 2.75) is 13.0 Å². The average molecular weight is 185 g/mol. The Labute approximate surface area is 78.7 Å². The molecule has 1 aromatic carbocycles. The van der Waals surface area contributed by atoms with Gasteiger partial charge < -0.3 is 0 Å². The van der Waals surface area contributed by atoms with Gasteiger partial charge in [0.1, 0.15) is 0 Å². The standard InChI is InChI=1S/C9H12N2.ClH/c10-11-6-5-8-3-1-2-4-9(8)7-11;/h1-4H,5-7,10H2;1H. The van der Waals surface area contributed by atoms with Gasteiger partial charge in [0.25, 0.3) is 0 Å². The highest BCUT2D eigenvalue weighted by molar-refractivity contribution is 5.85. The lowest BCUT2D eigenvalue weighted by molar-refractivity contribution is 0.263. The zero-order valence-corrected chi connectivity index (χ0v) is 7.68. The van der Waals surface area contributed by atoms with Crippen molar-refractivity contribution < 1.29 is 0 Å². The molecule has 0 unspecified atom stereocenters. The van der Waals surface area contributed by atoms with Gasteiger partial charge in [-0.1, -0.05) is 24.3 Å². The third kappa shape index (κ3) is 1.78. The summed E-state index contributed by atoms with van der Waals surface area (Å²) in [5, 5.41) is 1.86. The van der Waals surface area contributed by atoms with Crippen LogP contribution >= 0.6 is 12.4 Å². The zero-order chi connectivity index (χ0) is 7.68. The lowest BCUT2D eigenvalue weighted by Gasteiger charge is -2.23. The van der Waals surface area contributed by atoms with E-state index in [1.165, 1.54) is 11.1 Å². The predicted octanol–water partition coefficient (Wildman–Crippen LogP) is 1.34. The number of hydrazine groups is 1. The van der Waals surface area contributed by atoms with Gasteiger partial charge in [-0.2, -0.15) is 0 Å². The maximum Gasteiger partial charge on any atom is 0.0382 e. The summed E-state index contributed by atoms with van der Waals surface area (Å²) in [7, 11) is 0. The lowest BCUT2D eigenvalue weighted by atomic mass is 10.0. The lowest BCUT2D eigenvalue weighted by Crippen LogP contribution is -2.35. The number of hydrogen-bond donors (Lipinski definition) is 1. The van der Waals surface area contributed by atoms with Crippen molar-refractivity contribution in [1.29, 1.82) is 0 Å². The topological polar surface area (TPSA) is 29.3 Å². The molecule has 1 aliphatic heterocycles. The molecule has 1 aromatic rings. The fourth-order valence-corrected chi connectivity index (χ4v) is 1.52. The molecule has 1 heterocycles. The predicted molar refractivity (Wildman–Crippen MR) is 52.0 cm³/mol. The number of nitrogens with zero attached hydrogens (tertiary/aromatic N) is 1. The molecule has 2 N–H and O–H groups in total. The number of benzene rings is 1. The van der Waals surface area contributed by atoms with Crippen LogP contribution in [0.4, 0.5) is 0 Å². The maximum absolute atomic E-state index is 5.68. The summed E-state index contributed by atoms with van der Waals surface area (Å²) >= 11 is 0. The minimum absolute atomic E-state index is 0. The van der Waals surface area contributed by atoms with Crippen LogP contribution in [0.5, 0.6) is 0 Å². The van der Waals surface area contributed by atoms with Crippen LogP contribution in [0.15, 0.2) is 24.3 Å². The molecule has 0 spiro atoms. The number of rotatable bonds is 0. The first-order chi connectivity index (χ1) is 5.36. The van der Waals surface area contributed by atoms with Crippen molar-refractivity contribution in [2.24, 2.45) is 5.84 Å². The van der Waals surface area contributed by atoms with Crippen LogP contribution in [-0.4, -0.2) is 11.6 Å². The summed E-state index contributed by atoms with van der Waals surface area (Å²) < 4.78 is 0. The van der Waals surface area contributed by atoms with Crippen molar-refractivity contribution in [2.75, 3.05) is 6.54 Å². The van der Waals surface area contributed by atoms with Crippen molar-refractivity contribution in [3.8, 4) is 0 Å². The maximum atomic E-state index is 5.68. The summed E-state index contributed by atoms with van der Waals surface area (Å²) in [5.41, 5.74) is 2.83. The number of nitrogens with two attached hydrogens (primary N) is 1. The van der Waals surface area contributed by atoms with Crippen LogP contribution in [0, 0.1) is 0 Å². The number of hydrogen-bond acceptors (Lipinski definition) is 2. The molecule has 2 nitrogen and oxygen atoms in total. The Morgan fingerprint density at radius 1 is 1.17 bits per heavy atom. The van der Waals surface area contributed by atoms with E-state index >= 15 is 0 Å². The van der Waals surface area contributed by atoms with Gasteiger partial charge in [0.05, 0.1) is 0 Å². The molecule has 1 aliphatic rings. The Morgan fingerprint density at radius 3 is 2.58 bits per heavy atom. The monoisotopic (exact) mass is 184 g/mol. The zero-order valence-electron chi connectivity index (χ0n) is 6.86. The molecule has 0 atom stereocenters. The molecular formula is C9H13ClN2. The van der Waals surface area contributed by atoms with Crippen LogP contribution in [-0.2, 0) is 13.0 Å². The number of fused-ring (bicyclic) bond motifs is 1. The van der Waals surface area contributed by atoms with Crippen molar-refractivity contribution >= 4 is 12.4 Å². The van der Waals surface area contributed by atoms with E-state index in [4.69, 9.17) is 5.84 Å². The van der Waals surface area contributed by atoms with E-state index in [1.807, 2.05) is 5.01 Å². The normalized spacial score (nSPS) is 16.4. The van der Waals surface area contributed by atoms with Crippen LogP contribution in [0.2, 0.25) is 0 Å². The molecule has 0 saturated carbocycles. The van der Waals surface area contributed by atoms with E-state index in [2.05, 4.69) is 24.3 Å². The van der Waals surface area contributed by atoms with Crippen LogP contribution < -0.4 is 5.84 Å². The van der Waals surface area contributed by atoms with Gasteiger partial charge >= 0.3 is 0 Å². The second kappa shape index (κ2) is 3.90. The molecule has 0 aliphatic carbocycles. The van der Waals surface area contributed by atoms with Gasteiger partial charge in [0.2, 0.25) is 0 Å². The van der Waals surface area contributed by atoms with Gasteiger partial charge in [-0.15, -0.1) is 12.4 Å². The Bertz CT molecular complexity index is 262. The first kappa shape index (κ1) is 9.52. The van der Waals surface area contributed by atoms with Gasteiger partial charge in [0.15, 0.2) is 0 Å². The van der Waals surface area contributed by atoms with E-state index in [9.17, 15) is 0 Å². The third-order valence-corrected chi connectivity index (χ3v) is 2.16. The quantitative estimate of drug-likeness (QED) is 0.617. The fraction of sp³-hybridized carbons (Fsp3) is 0.333. The summed E-state index contributed by atoms with van der Waals surface area (Å²) in [6.45, 7) is 1.88. The summed E-state index contributed by atoms with van der Waals surface area (Å²) in [6, 6.07) is 8.49. The van der Waals surface area contributed by atoms with Crippen molar-refractivity contribution in [3.05, 3.63) is 35.4 Å². The largest absolute Gasteiger partial charge is 0.268 e. The molecule has 0 fully saturated rings. The van der Waals surface area contributed by atoms with Crippen molar-refractivity contribution in [3.63, 3.8) is 0 Å². The van der Waals surface area contributed by atoms with Crippen molar-refractivity contribution in [1.82, 2.24) is 5.01 Å². The molecule has 0 saturated heterocycles. The van der Waals surface area contributed by atoms with Crippen LogP contribution in [0.1, 0.15) is 11.1 Å². The molecule has 0 aromatic heterocycles. The SMILES string of the molecule is Cl.NN1CCc2ccccc2C1. The minimum atomic E-state index is 0. The molecule has 3 heteroatoms. The Kier molecular flexibility index (Phi) is 3.09. The second-order valence-corrected chi connectivity index (χ2v) is 2.99.